The highest BCUT2D eigenvalue weighted by Crippen LogP contribution is 2.21. The molecule has 0 unspecified atom stereocenters. The molecule has 0 aromatic carbocycles. The number of aliphatic hydroxyl groups excluding tert-OH is 4. The Bertz CT molecular complexity index is 1020. The summed E-state index contributed by atoms with van der Waals surface area (Å²) in [7, 11) is 11.0. The zero-order valence-corrected chi connectivity index (χ0v) is 30.9. The molecule has 21 heteroatoms. The third kappa shape index (κ3) is 16.8. The van der Waals surface area contributed by atoms with Crippen LogP contribution in [0.1, 0.15) is 23.5 Å². The number of anilines is 4. The van der Waals surface area contributed by atoms with Gasteiger partial charge in [0, 0.05) is 75.9 Å². The van der Waals surface area contributed by atoms with E-state index in [-0.39, 0.29) is 58.5 Å². The van der Waals surface area contributed by atoms with Crippen molar-refractivity contribution in [2.24, 2.45) is 0 Å². The molecule has 0 spiro atoms. The van der Waals surface area contributed by atoms with Crippen molar-refractivity contribution in [1.82, 2.24) is 29.9 Å². The molecule has 5 N–H and O–H groups in total. The second kappa shape index (κ2) is 28.4. The van der Waals surface area contributed by atoms with Gasteiger partial charge in [0.25, 0.3) is 0 Å². The van der Waals surface area contributed by atoms with Crippen LogP contribution in [-0.4, -0.2) is 199 Å². The van der Waals surface area contributed by atoms with Gasteiger partial charge in [-0.25, -0.2) is 0 Å². The lowest BCUT2D eigenvalue weighted by Gasteiger charge is -2.26. The van der Waals surface area contributed by atoms with Crippen molar-refractivity contribution < 1.29 is 53.6 Å². The van der Waals surface area contributed by atoms with E-state index in [4.69, 9.17) is 38.3 Å². The molecule has 0 atom stereocenters. The fourth-order valence-electron chi connectivity index (χ4n) is 4.48. The van der Waals surface area contributed by atoms with E-state index >= 15 is 0 Å². The van der Waals surface area contributed by atoms with Gasteiger partial charge < -0.3 is 73.6 Å². The number of rotatable bonds is 28. The van der Waals surface area contributed by atoms with E-state index in [2.05, 4.69) is 35.2 Å². The molecule has 0 amide bonds. The third-order valence-corrected chi connectivity index (χ3v) is 6.68. The smallest absolute Gasteiger partial charge is 0.232 e. The summed E-state index contributed by atoms with van der Waals surface area (Å²) in [6.45, 7) is 3.07. The second-order valence-corrected chi connectivity index (χ2v) is 10.7. The Morgan fingerprint density at radius 3 is 1.14 bits per heavy atom. The highest BCUT2D eigenvalue weighted by molar-refractivity contribution is 5.40. The zero-order valence-electron chi connectivity index (χ0n) is 30.9. The van der Waals surface area contributed by atoms with E-state index in [0.717, 1.165) is 0 Å². The van der Waals surface area contributed by atoms with Crippen LogP contribution >= 0.6 is 0 Å². The first-order chi connectivity index (χ1) is 24.8. The summed E-state index contributed by atoms with van der Waals surface area (Å²) >= 11 is 0. The molecule has 0 aliphatic heterocycles. The van der Waals surface area contributed by atoms with Crippen LogP contribution < -0.4 is 20.0 Å². The second-order valence-electron chi connectivity index (χ2n) is 10.7. The van der Waals surface area contributed by atoms with Gasteiger partial charge in [0.05, 0.1) is 64.7 Å². The Morgan fingerprint density at radius 1 is 0.471 bits per heavy atom. The SMILES string of the molecule is COCC(COC)c1nc(N(CCO)COC)nc(N(CCO)COC)n1.COCC(COC)c1nc(NCCO)nc(N(CCO)COC)n1. The first kappa shape index (κ1) is 45.8. The Balaban J connectivity index is 0.000000514. The Kier molecular flexibility index (Phi) is 25.5. The van der Waals surface area contributed by atoms with Crippen molar-refractivity contribution in [2.75, 3.05) is 169 Å². The maximum atomic E-state index is 9.35. The van der Waals surface area contributed by atoms with Gasteiger partial charge in [-0.2, -0.15) is 29.9 Å². The maximum Gasteiger partial charge on any atom is 0.232 e. The lowest BCUT2D eigenvalue weighted by Crippen LogP contribution is -2.35. The monoisotopic (exact) mass is 734 g/mol. The maximum absolute atomic E-state index is 9.35. The van der Waals surface area contributed by atoms with Gasteiger partial charge in [0.1, 0.15) is 31.8 Å². The number of aliphatic hydroxyl groups is 4. The quantitative estimate of drug-likeness (QED) is 0.0600. The van der Waals surface area contributed by atoms with E-state index in [9.17, 15) is 15.3 Å². The summed E-state index contributed by atoms with van der Waals surface area (Å²) in [6.07, 6.45) is 0. The molecule has 0 bridgehead atoms. The van der Waals surface area contributed by atoms with Crippen molar-refractivity contribution >= 4 is 23.8 Å². The molecule has 0 aliphatic carbocycles. The molecule has 2 heterocycles. The van der Waals surface area contributed by atoms with Gasteiger partial charge in [0.15, 0.2) is 0 Å². The first-order valence-electron chi connectivity index (χ1n) is 16.2. The van der Waals surface area contributed by atoms with Crippen LogP contribution in [0.5, 0.6) is 0 Å². The van der Waals surface area contributed by atoms with E-state index < -0.39 is 0 Å². The Morgan fingerprint density at radius 2 is 0.824 bits per heavy atom. The van der Waals surface area contributed by atoms with Gasteiger partial charge in [0.2, 0.25) is 23.8 Å². The molecule has 51 heavy (non-hydrogen) atoms. The molecule has 0 aliphatic rings. The number of methoxy groups -OCH3 is 7. The molecule has 294 valence electrons. The van der Waals surface area contributed by atoms with E-state index in [1.165, 1.54) is 0 Å². The lowest BCUT2D eigenvalue weighted by molar-refractivity contribution is 0.113. The topological polar surface area (TPSA) is 245 Å². The third-order valence-electron chi connectivity index (χ3n) is 6.68. The molecular formula is C30H58N10O11. The van der Waals surface area contributed by atoms with Crippen LogP contribution in [0.15, 0.2) is 0 Å². The average molecular weight is 735 g/mol. The van der Waals surface area contributed by atoms with Crippen LogP contribution in [0, 0.1) is 0 Å². The van der Waals surface area contributed by atoms with Gasteiger partial charge in [-0.05, 0) is 0 Å². The molecule has 0 saturated carbocycles. The van der Waals surface area contributed by atoms with Gasteiger partial charge in [-0.3, -0.25) is 0 Å². The Hall–Kier alpha value is -3.22. The molecule has 0 radical (unpaired) electrons. The van der Waals surface area contributed by atoms with E-state index in [1.807, 2.05) is 0 Å². The van der Waals surface area contributed by atoms with Crippen LogP contribution in [0.4, 0.5) is 23.8 Å². The number of nitrogens with zero attached hydrogens (tertiary/aromatic N) is 9. The first-order valence-corrected chi connectivity index (χ1v) is 16.2. The minimum absolute atomic E-state index is 0.0473. The van der Waals surface area contributed by atoms with Crippen molar-refractivity contribution in [3.63, 3.8) is 0 Å². The average Bonchev–Trinajstić information content (AvgIpc) is 3.13. The van der Waals surface area contributed by atoms with Gasteiger partial charge >= 0.3 is 0 Å². The molecule has 2 aromatic rings. The number of hydrogen-bond donors (Lipinski definition) is 5. The van der Waals surface area contributed by atoms with Gasteiger partial charge in [-0.15, -0.1) is 0 Å². The lowest BCUT2D eigenvalue weighted by atomic mass is 10.1. The fraction of sp³-hybridized carbons (Fsp3) is 0.800. The number of hydrogen-bond acceptors (Lipinski definition) is 21. The molecule has 2 rings (SSSR count). The van der Waals surface area contributed by atoms with Crippen molar-refractivity contribution in [2.45, 2.75) is 11.8 Å². The van der Waals surface area contributed by atoms with Crippen LogP contribution in [-0.2, 0) is 33.2 Å². The molecule has 2 aromatic heterocycles. The Labute approximate surface area is 299 Å². The number of nitrogens with one attached hydrogen (secondary N) is 1. The highest BCUT2D eigenvalue weighted by Gasteiger charge is 2.23. The van der Waals surface area contributed by atoms with Crippen molar-refractivity contribution in [1.29, 1.82) is 0 Å². The number of ether oxygens (including phenoxy) is 7. The predicted molar refractivity (Wildman–Crippen MR) is 187 cm³/mol. The summed E-state index contributed by atoms with van der Waals surface area (Å²) in [4.78, 5) is 31.8. The molecular weight excluding hydrogens is 676 g/mol. The van der Waals surface area contributed by atoms with Crippen LogP contribution in [0.2, 0.25) is 0 Å². The standard InChI is InChI=1S/C16H31N5O6.C14H27N5O5/c1-24-9-13(10-25-2)14-17-15(20(5-7-22)11-26-3)19-16(18-14)21(6-8-23)12-27-4;1-22-8-11(9-23-2)12-16-13(15-4-6-20)18-14(17-12)19(5-7-21)10-24-3/h13,22-23H,5-12H2,1-4H3;11,20-21H,4-10H2,1-3H3,(H,15,16,17,18). The van der Waals surface area contributed by atoms with Crippen molar-refractivity contribution in [3.8, 4) is 0 Å². The number of aromatic nitrogens is 6. The largest absolute Gasteiger partial charge is 0.395 e. The summed E-state index contributed by atoms with van der Waals surface area (Å²) < 4.78 is 36.5. The molecule has 21 nitrogen and oxygen atoms in total. The summed E-state index contributed by atoms with van der Waals surface area (Å²) in [6, 6.07) is 0. The minimum atomic E-state index is -0.211. The molecule has 0 saturated heterocycles. The van der Waals surface area contributed by atoms with E-state index in [0.29, 0.717) is 88.0 Å². The van der Waals surface area contributed by atoms with Crippen LogP contribution in [0.25, 0.3) is 0 Å². The minimum Gasteiger partial charge on any atom is -0.395 e. The van der Waals surface area contributed by atoms with E-state index in [1.54, 1.807) is 64.5 Å². The summed E-state index contributed by atoms with van der Waals surface area (Å²) in [5.41, 5.74) is 0. The fourth-order valence-corrected chi connectivity index (χ4v) is 4.48. The normalized spacial score (nSPS) is 11.2. The van der Waals surface area contributed by atoms with Crippen molar-refractivity contribution in [3.05, 3.63) is 11.6 Å². The molecule has 0 fully saturated rings. The predicted octanol–water partition coefficient (Wildman–Crippen LogP) is -1.89. The van der Waals surface area contributed by atoms with Gasteiger partial charge in [-0.1, -0.05) is 0 Å². The van der Waals surface area contributed by atoms with Crippen LogP contribution in [0.3, 0.4) is 0 Å². The summed E-state index contributed by atoms with van der Waals surface area (Å²) in [5, 5.41) is 39.8. The zero-order chi connectivity index (χ0) is 37.9. The highest BCUT2D eigenvalue weighted by atomic mass is 16.5. The summed E-state index contributed by atoms with van der Waals surface area (Å²) in [5.74, 6) is 2.01.